The van der Waals surface area contributed by atoms with Crippen molar-refractivity contribution in [3.63, 3.8) is 0 Å². The predicted molar refractivity (Wildman–Crippen MR) is 173 cm³/mol. The molecule has 4 heteroatoms. The highest BCUT2D eigenvalue weighted by atomic mass is 31.1. The minimum absolute atomic E-state index is 0.558. The topological polar surface area (TPSA) is 25.8 Å². The summed E-state index contributed by atoms with van der Waals surface area (Å²) in [4.78, 5) is 10.3. The molecule has 0 N–H and O–H groups in total. The van der Waals surface area contributed by atoms with Crippen LogP contribution in [0.2, 0.25) is 0 Å². The average molecular weight is 553 g/mol. The van der Waals surface area contributed by atoms with Gasteiger partial charge in [-0.3, -0.25) is 9.97 Å². The molecule has 0 radical (unpaired) electrons. The molecule has 0 aliphatic rings. The van der Waals surface area contributed by atoms with Gasteiger partial charge in [0.15, 0.2) is 0 Å². The van der Waals surface area contributed by atoms with Crippen molar-refractivity contribution < 1.29 is 0 Å². The van der Waals surface area contributed by atoms with Crippen LogP contribution < -0.4 is 21.2 Å². The highest BCUT2D eigenvalue weighted by Crippen LogP contribution is 2.39. The molecule has 194 valence electrons. The molecule has 2 nitrogen and oxygen atoms in total. The maximum Gasteiger partial charge on any atom is 0.0889 e. The molecule has 0 saturated carbocycles. The Morgan fingerprint density at radius 1 is 0.325 bits per heavy atom. The molecule has 0 amide bonds. The van der Waals surface area contributed by atoms with E-state index in [1.807, 2.05) is 0 Å². The van der Waals surface area contributed by atoms with E-state index in [1.54, 1.807) is 0 Å². The van der Waals surface area contributed by atoms with Gasteiger partial charge >= 0.3 is 0 Å². The number of pyridine rings is 2. The highest BCUT2D eigenvalue weighted by Gasteiger charge is 2.17. The first-order valence-corrected chi connectivity index (χ1v) is 16.6. The SMILES string of the molecule is c1ccc(P(Cc2cccc(-c3cccc(CP(c4ccccc4)c4ccccc4)n3)n2)c2ccccc2)cc1. The molecule has 2 heterocycles. The third-order valence-corrected chi connectivity index (χ3v) is 11.8. The van der Waals surface area contributed by atoms with E-state index < -0.39 is 15.8 Å². The van der Waals surface area contributed by atoms with Crippen molar-refractivity contribution in [2.75, 3.05) is 0 Å². The number of rotatable bonds is 9. The van der Waals surface area contributed by atoms with Crippen molar-refractivity contribution in [3.8, 4) is 11.4 Å². The first-order valence-electron chi connectivity index (χ1n) is 13.5. The van der Waals surface area contributed by atoms with Crippen molar-refractivity contribution in [2.24, 2.45) is 0 Å². The van der Waals surface area contributed by atoms with Crippen molar-refractivity contribution >= 4 is 37.1 Å². The lowest BCUT2D eigenvalue weighted by Crippen LogP contribution is -2.13. The molecule has 0 unspecified atom stereocenters. The van der Waals surface area contributed by atoms with Crippen LogP contribution in [0.3, 0.4) is 0 Å². The van der Waals surface area contributed by atoms with Crippen LogP contribution in [0, 0.1) is 0 Å². The number of hydrogen-bond donors (Lipinski definition) is 0. The Hall–Kier alpha value is -3.96. The lowest BCUT2D eigenvalue weighted by atomic mass is 10.2. The molecule has 6 aromatic rings. The van der Waals surface area contributed by atoms with Gasteiger partial charge in [0.05, 0.1) is 11.4 Å². The van der Waals surface area contributed by atoms with Gasteiger partial charge in [-0.15, -0.1) is 0 Å². The summed E-state index contributed by atoms with van der Waals surface area (Å²) in [5, 5.41) is 5.47. The standard InChI is InChI=1S/C36H30N2P2/c1-5-17-31(18-6-1)39(32-19-7-2-8-20-32)27-29-15-13-25-35(37-29)36-26-14-16-30(38-36)28-40(33-21-9-3-10-22-33)34-23-11-4-12-24-34/h1-26H,27-28H2. The van der Waals surface area contributed by atoms with E-state index in [1.165, 1.54) is 21.2 Å². The molecule has 6 rings (SSSR count). The summed E-state index contributed by atoms with van der Waals surface area (Å²) in [7, 11) is -1.12. The second kappa shape index (κ2) is 12.9. The van der Waals surface area contributed by atoms with E-state index in [4.69, 9.17) is 9.97 Å². The van der Waals surface area contributed by atoms with Gasteiger partial charge in [-0.25, -0.2) is 0 Å². The Kier molecular flexibility index (Phi) is 8.49. The normalized spacial score (nSPS) is 11.2. The van der Waals surface area contributed by atoms with Crippen LogP contribution in [0.4, 0.5) is 0 Å². The Morgan fingerprint density at radius 2 is 0.625 bits per heavy atom. The lowest BCUT2D eigenvalue weighted by molar-refractivity contribution is 1.12. The maximum atomic E-state index is 5.13. The van der Waals surface area contributed by atoms with Crippen LogP contribution in [0.1, 0.15) is 11.4 Å². The van der Waals surface area contributed by atoms with Gasteiger partial charge < -0.3 is 0 Å². The van der Waals surface area contributed by atoms with Gasteiger partial charge in [0.1, 0.15) is 0 Å². The predicted octanol–water partition coefficient (Wildman–Crippen LogP) is 7.41. The number of nitrogens with zero attached hydrogens (tertiary/aromatic N) is 2. The molecule has 2 aromatic heterocycles. The fourth-order valence-corrected chi connectivity index (χ4v) is 9.29. The van der Waals surface area contributed by atoms with Crippen LogP contribution in [0.15, 0.2) is 158 Å². The second-order valence-corrected chi connectivity index (χ2v) is 14.0. The second-order valence-electron chi connectivity index (χ2n) is 9.54. The zero-order valence-corrected chi connectivity index (χ0v) is 24.0. The smallest absolute Gasteiger partial charge is 0.0889 e. The maximum absolute atomic E-state index is 5.13. The van der Waals surface area contributed by atoms with Crippen LogP contribution >= 0.6 is 15.8 Å². The Labute approximate surface area is 239 Å². The molecule has 4 aromatic carbocycles. The summed E-state index contributed by atoms with van der Waals surface area (Å²) in [6, 6.07) is 56.0. The van der Waals surface area contributed by atoms with Crippen LogP contribution in [-0.4, -0.2) is 9.97 Å². The molecule has 0 fully saturated rings. The molecule has 0 atom stereocenters. The van der Waals surface area contributed by atoms with Gasteiger partial charge in [0, 0.05) is 23.7 Å². The molecule has 0 bridgehead atoms. The quantitative estimate of drug-likeness (QED) is 0.175. The molecule has 0 aliphatic heterocycles. The van der Waals surface area contributed by atoms with E-state index in [0.29, 0.717) is 0 Å². The zero-order chi connectivity index (χ0) is 27.0. The monoisotopic (exact) mass is 552 g/mol. The van der Waals surface area contributed by atoms with Crippen LogP contribution in [-0.2, 0) is 12.3 Å². The third kappa shape index (κ3) is 6.43. The summed E-state index contributed by atoms with van der Waals surface area (Å²) < 4.78 is 0. The van der Waals surface area contributed by atoms with E-state index in [0.717, 1.165) is 35.1 Å². The van der Waals surface area contributed by atoms with E-state index in [-0.39, 0.29) is 0 Å². The molecule has 40 heavy (non-hydrogen) atoms. The number of aromatic nitrogens is 2. The Bertz CT molecular complexity index is 1440. The fourth-order valence-electron chi connectivity index (χ4n) is 4.84. The van der Waals surface area contributed by atoms with Crippen LogP contribution in [0.25, 0.3) is 11.4 Å². The summed E-state index contributed by atoms with van der Waals surface area (Å²) in [5.74, 6) is 0. The summed E-state index contributed by atoms with van der Waals surface area (Å²) in [6.07, 6.45) is 1.79. The summed E-state index contributed by atoms with van der Waals surface area (Å²) >= 11 is 0. The minimum Gasteiger partial charge on any atom is -0.251 e. The van der Waals surface area contributed by atoms with Crippen molar-refractivity contribution in [1.29, 1.82) is 0 Å². The van der Waals surface area contributed by atoms with E-state index in [9.17, 15) is 0 Å². The summed E-state index contributed by atoms with van der Waals surface area (Å²) in [5.41, 5.74) is 4.05. The minimum atomic E-state index is -0.558. The first-order chi connectivity index (χ1) is 19.8. The highest BCUT2D eigenvalue weighted by molar-refractivity contribution is 7.72. The molecule has 0 aliphatic carbocycles. The van der Waals surface area contributed by atoms with Crippen molar-refractivity contribution in [3.05, 3.63) is 169 Å². The number of benzene rings is 4. The third-order valence-electron chi connectivity index (χ3n) is 6.79. The van der Waals surface area contributed by atoms with Gasteiger partial charge in [0.25, 0.3) is 0 Å². The largest absolute Gasteiger partial charge is 0.251 e. The van der Waals surface area contributed by atoms with Gasteiger partial charge in [-0.1, -0.05) is 133 Å². The molecular weight excluding hydrogens is 522 g/mol. The molecule has 0 saturated heterocycles. The Balaban J connectivity index is 1.28. The number of hydrogen-bond acceptors (Lipinski definition) is 2. The molecular formula is C36H30N2P2. The fraction of sp³-hybridized carbons (Fsp3) is 0.0556. The van der Waals surface area contributed by atoms with Crippen LogP contribution in [0.5, 0.6) is 0 Å². The molecule has 0 spiro atoms. The van der Waals surface area contributed by atoms with E-state index in [2.05, 4.69) is 158 Å². The first kappa shape index (κ1) is 26.3. The Morgan fingerprint density at radius 3 is 0.925 bits per heavy atom. The average Bonchev–Trinajstić information content (AvgIpc) is 3.04. The van der Waals surface area contributed by atoms with Gasteiger partial charge in [-0.05, 0) is 61.3 Å². The van der Waals surface area contributed by atoms with Gasteiger partial charge in [-0.2, -0.15) is 0 Å². The lowest BCUT2D eigenvalue weighted by Gasteiger charge is -2.19. The van der Waals surface area contributed by atoms with Crippen molar-refractivity contribution in [2.45, 2.75) is 12.3 Å². The zero-order valence-electron chi connectivity index (χ0n) is 22.2. The van der Waals surface area contributed by atoms with Gasteiger partial charge in [0.2, 0.25) is 0 Å². The van der Waals surface area contributed by atoms with E-state index >= 15 is 0 Å². The van der Waals surface area contributed by atoms with Crippen molar-refractivity contribution in [1.82, 2.24) is 9.97 Å². The summed E-state index contributed by atoms with van der Waals surface area (Å²) in [6.45, 7) is 0.